The van der Waals surface area contributed by atoms with Gasteiger partial charge in [0.25, 0.3) is 0 Å². The van der Waals surface area contributed by atoms with E-state index in [9.17, 15) is 22.8 Å². The highest BCUT2D eigenvalue weighted by molar-refractivity contribution is 6.09. The fraction of sp³-hybridized carbons (Fsp3) is 0.263. The van der Waals surface area contributed by atoms with Crippen molar-refractivity contribution in [2.45, 2.75) is 19.1 Å². The van der Waals surface area contributed by atoms with Gasteiger partial charge in [0.15, 0.2) is 0 Å². The quantitative estimate of drug-likeness (QED) is 0.848. The van der Waals surface area contributed by atoms with Crippen molar-refractivity contribution in [2.75, 3.05) is 11.4 Å². The van der Waals surface area contributed by atoms with Gasteiger partial charge in [0, 0.05) is 18.8 Å². The highest BCUT2D eigenvalue weighted by Crippen LogP contribution is 2.29. The molecule has 1 unspecified atom stereocenters. The molecule has 2 aromatic rings. The molecule has 1 aliphatic rings. The molecule has 0 bridgehead atoms. The van der Waals surface area contributed by atoms with Crippen LogP contribution in [-0.2, 0) is 22.3 Å². The summed E-state index contributed by atoms with van der Waals surface area (Å²) in [6, 6.07) is 13.8. The molecule has 1 heterocycles. The number of benzene rings is 2. The number of carbonyl (C=O) groups excluding carboxylic acids is 2. The lowest BCUT2D eigenvalue weighted by Crippen LogP contribution is -2.36. The van der Waals surface area contributed by atoms with Crippen LogP contribution in [0.5, 0.6) is 0 Å². The molecule has 1 atom stereocenters. The lowest BCUT2D eigenvalue weighted by Gasteiger charge is -2.16. The van der Waals surface area contributed by atoms with Gasteiger partial charge in [-0.3, -0.25) is 9.59 Å². The summed E-state index contributed by atoms with van der Waals surface area (Å²) in [4.78, 5) is 26.3. The minimum Gasteiger partial charge on any atom is -0.351 e. The number of carbonyl (C=O) groups is 2. The maximum absolute atomic E-state index is 12.7. The van der Waals surface area contributed by atoms with Crippen LogP contribution >= 0.6 is 0 Å². The second-order valence-electron chi connectivity index (χ2n) is 6.08. The van der Waals surface area contributed by atoms with Crippen LogP contribution in [-0.4, -0.2) is 18.4 Å². The number of hydrogen-bond acceptors (Lipinski definition) is 2. The first-order valence-corrected chi connectivity index (χ1v) is 8.16. The number of nitrogens with one attached hydrogen (secondary N) is 1. The van der Waals surface area contributed by atoms with E-state index in [1.807, 2.05) is 18.2 Å². The van der Waals surface area contributed by atoms with Crippen LogP contribution in [0.2, 0.25) is 0 Å². The first-order chi connectivity index (χ1) is 12.4. The molecule has 1 fully saturated rings. The van der Waals surface area contributed by atoms with Crippen LogP contribution in [0.15, 0.2) is 54.6 Å². The Morgan fingerprint density at radius 2 is 1.85 bits per heavy atom. The molecule has 136 valence electrons. The molecule has 0 aromatic heterocycles. The summed E-state index contributed by atoms with van der Waals surface area (Å²) in [5.41, 5.74) is 0.292. The SMILES string of the molecule is O=C(NCc1cccc(C(F)(F)F)c1)C1CCN(c2ccccc2)C1=O. The second kappa shape index (κ2) is 7.19. The maximum Gasteiger partial charge on any atom is 0.416 e. The predicted molar refractivity (Wildman–Crippen MR) is 90.2 cm³/mol. The number of para-hydroxylation sites is 1. The van der Waals surface area contributed by atoms with E-state index in [1.165, 1.54) is 12.1 Å². The number of anilines is 1. The van der Waals surface area contributed by atoms with E-state index in [1.54, 1.807) is 17.0 Å². The number of rotatable bonds is 4. The number of alkyl halides is 3. The molecule has 3 rings (SSSR count). The van der Waals surface area contributed by atoms with E-state index in [2.05, 4.69) is 5.32 Å². The largest absolute Gasteiger partial charge is 0.416 e. The Morgan fingerprint density at radius 1 is 1.12 bits per heavy atom. The second-order valence-corrected chi connectivity index (χ2v) is 6.08. The zero-order valence-electron chi connectivity index (χ0n) is 13.8. The molecule has 7 heteroatoms. The Labute approximate surface area is 148 Å². The zero-order chi connectivity index (χ0) is 18.7. The van der Waals surface area contributed by atoms with E-state index in [0.29, 0.717) is 18.5 Å². The van der Waals surface area contributed by atoms with Crippen molar-refractivity contribution in [3.8, 4) is 0 Å². The Hall–Kier alpha value is -2.83. The van der Waals surface area contributed by atoms with Crippen molar-refractivity contribution in [1.29, 1.82) is 0 Å². The normalized spacial score (nSPS) is 17.4. The Balaban J connectivity index is 1.62. The Kier molecular flexibility index (Phi) is 4.97. The number of hydrogen-bond donors (Lipinski definition) is 1. The minimum atomic E-state index is -4.43. The van der Waals surface area contributed by atoms with Crippen LogP contribution in [0.1, 0.15) is 17.5 Å². The third-order valence-electron chi connectivity index (χ3n) is 4.31. The summed E-state index contributed by atoms with van der Waals surface area (Å²) < 4.78 is 38.2. The van der Waals surface area contributed by atoms with Crippen LogP contribution in [0, 0.1) is 5.92 Å². The fourth-order valence-corrected chi connectivity index (χ4v) is 2.96. The molecule has 26 heavy (non-hydrogen) atoms. The first-order valence-electron chi connectivity index (χ1n) is 8.16. The monoisotopic (exact) mass is 362 g/mol. The summed E-state index contributed by atoms with van der Waals surface area (Å²) in [6.07, 6.45) is -4.06. The zero-order valence-corrected chi connectivity index (χ0v) is 13.8. The lowest BCUT2D eigenvalue weighted by atomic mass is 10.1. The van der Waals surface area contributed by atoms with Crippen molar-refractivity contribution in [3.63, 3.8) is 0 Å². The molecule has 0 aliphatic carbocycles. The predicted octanol–water partition coefficient (Wildman–Crippen LogP) is 3.37. The van der Waals surface area contributed by atoms with Gasteiger partial charge in [-0.2, -0.15) is 13.2 Å². The van der Waals surface area contributed by atoms with Crippen molar-refractivity contribution < 1.29 is 22.8 Å². The van der Waals surface area contributed by atoms with Gasteiger partial charge in [-0.15, -0.1) is 0 Å². The third kappa shape index (κ3) is 3.87. The lowest BCUT2D eigenvalue weighted by molar-refractivity contribution is -0.137. The molecular weight excluding hydrogens is 345 g/mol. The Bertz CT molecular complexity index is 806. The van der Waals surface area contributed by atoms with Gasteiger partial charge in [0.05, 0.1) is 5.56 Å². The van der Waals surface area contributed by atoms with Crippen molar-refractivity contribution in [3.05, 3.63) is 65.7 Å². The summed E-state index contributed by atoms with van der Waals surface area (Å²) in [5, 5.41) is 2.57. The smallest absolute Gasteiger partial charge is 0.351 e. The van der Waals surface area contributed by atoms with Crippen LogP contribution in [0.4, 0.5) is 18.9 Å². The molecule has 0 spiro atoms. The van der Waals surface area contributed by atoms with Gasteiger partial charge >= 0.3 is 6.18 Å². The van der Waals surface area contributed by atoms with E-state index in [-0.39, 0.29) is 12.5 Å². The Morgan fingerprint density at radius 3 is 2.54 bits per heavy atom. The minimum absolute atomic E-state index is 0.0577. The molecule has 2 amide bonds. The molecule has 2 aromatic carbocycles. The highest BCUT2D eigenvalue weighted by Gasteiger charge is 2.37. The van der Waals surface area contributed by atoms with Crippen LogP contribution in [0.25, 0.3) is 0 Å². The average molecular weight is 362 g/mol. The molecule has 0 radical (unpaired) electrons. The number of amides is 2. The van der Waals surface area contributed by atoms with Crippen molar-refractivity contribution in [2.24, 2.45) is 5.92 Å². The standard InChI is InChI=1S/C19H17F3N2O2/c20-19(21,22)14-6-4-5-13(11-14)12-23-17(25)16-9-10-24(18(16)26)15-7-2-1-3-8-15/h1-8,11,16H,9-10,12H2,(H,23,25). The van der Waals surface area contributed by atoms with E-state index in [4.69, 9.17) is 0 Å². The van der Waals surface area contributed by atoms with E-state index < -0.39 is 23.6 Å². The topological polar surface area (TPSA) is 49.4 Å². The number of nitrogens with zero attached hydrogens (tertiary/aromatic N) is 1. The summed E-state index contributed by atoms with van der Waals surface area (Å²) in [7, 11) is 0. The number of halogens is 3. The third-order valence-corrected chi connectivity index (χ3v) is 4.31. The first kappa shape index (κ1) is 18.0. The van der Waals surface area contributed by atoms with E-state index >= 15 is 0 Å². The fourth-order valence-electron chi connectivity index (χ4n) is 2.96. The van der Waals surface area contributed by atoms with Gasteiger partial charge in [-0.05, 0) is 36.2 Å². The summed E-state index contributed by atoms with van der Waals surface area (Å²) in [5.74, 6) is -1.58. The van der Waals surface area contributed by atoms with Crippen LogP contribution < -0.4 is 10.2 Å². The van der Waals surface area contributed by atoms with Gasteiger partial charge < -0.3 is 10.2 Å². The molecular formula is C19H17F3N2O2. The maximum atomic E-state index is 12.7. The van der Waals surface area contributed by atoms with Gasteiger partial charge in [0.2, 0.25) is 11.8 Å². The highest BCUT2D eigenvalue weighted by atomic mass is 19.4. The molecule has 1 saturated heterocycles. The molecule has 4 nitrogen and oxygen atoms in total. The average Bonchev–Trinajstić information content (AvgIpc) is 3.01. The van der Waals surface area contributed by atoms with Gasteiger partial charge in [-0.1, -0.05) is 30.3 Å². The van der Waals surface area contributed by atoms with Crippen molar-refractivity contribution >= 4 is 17.5 Å². The van der Waals surface area contributed by atoms with Crippen LogP contribution in [0.3, 0.4) is 0 Å². The van der Waals surface area contributed by atoms with E-state index in [0.717, 1.165) is 17.8 Å². The summed E-state index contributed by atoms with van der Waals surface area (Å²) >= 11 is 0. The van der Waals surface area contributed by atoms with Gasteiger partial charge in [0.1, 0.15) is 5.92 Å². The van der Waals surface area contributed by atoms with Crippen molar-refractivity contribution in [1.82, 2.24) is 5.32 Å². The molecule has 1 aliphatic heterocycles. The van der Waals surface area contributed by atoms with Gasteiger partial charge in [-0.25, -0.2) is 0 Å². The molecule has 0 saturated carbocycles. The molecule has 1 N–H and O–H groups in total. The summed E-state index contributed by atoms with van der Waals surface area (Å²) in [6.45, 7) is 0.377.